The lowest BCUT2D eigenvalue weighted by Gasteiger charge is -1.99. The number of epoxide rings is 1. The van der Waals surface area contributed by atoms with Crippen LogP contribution in [0.5, 0.6) is 0 Å². The highest BCUT2D eigenvalue weighted by molar-refractivity contribution is 5.01. The maximum absolute atomic E-state index is 5.75. The van der Waals surface area contributed by atoms with Gasteiger partial charge in [0.15, 0.2) is 0 Å². The van der Waals surface area contributed by atoms with Crippen molar-refractivity contribution in [3.63, 3.8) is 0 Å². The standard InChI is InChI=1S/C20H34O/c1-3-5-7-9-11-13-15-17-19-20(21-19)18-16-14-12-10-8-6-4-2/h3,5,7,11,13,19-20H,1,4,6,8-10,12,14-18H2,2H3. The molecule has 1 aliphatic heterocycles. The first kappa shape index (κ1) is 18.2. The van der Waals surface area contributed by atoms with Gasteiger partial charge in [0.25, 0.3) is 0 Å². The molecular formula is C20H34O. The minimum absolute atomic E-state index is 0.554. The topological polar surface area (TPSA) is 12.5 Å². The van der Waals surface area contributed by atoms with E-state index in [0.29, 0.717) is 12.2 Å². The van der Waals surface area contributed by atoms with Crippen LogP contribution in [0.3, 0.4) is 0 Å². The molecule has 1 nitrogen and oxygen atoms in total. The second-order valence-corrected chi connectivity index (χ2v) is 6.07. The smallest absolute Gasteiger partial charge is 0.0844 e. The third-order valence-electron chi connectivity index (χ3n) is 4.11. The summed E-state index contributed by atoms with van der Waals surface area (Å²) in [6, 6.07) is 0. The monoisotopic (exact) mass is 290 g/mol. The number of hydrogen-bond acceptors (Lipinski definition) is 1. The van der Waals surface area contributed by atoms with Gasteiger partial charge in [0.05, 0.1) is 12.2 Å². The summed E-state index contributed by atoms with van der Waals surface area (Å²) in [5, 5.41) is 0. The van der Waals surface area contributed by atoms with E-state index >= 15 is 0 Å². The third-order valence-corrected chi connectivity index (χ3v) is 4.11. The van der Waals surface area contributed by atoms with Crippen molar-refractivity contribution in [3.05, 3.63) is 37.0 Å². The van der Waals surface area contributed by atoms with Crippen molar-refractivity contribution in [1.29, 1.82) is 0 Å². The molecule has 1 fully saturated rings. The van der Waals surface area contributed by atoms with Crippen LogP contribution in [-0.2, 0) is 4.74 Å². The normalized spacial score (nSPS) is 21.4. The van der Waals surface area contributed by atoms with Gasteiger partial charge in [0.1, 0.15) is 0 Å². The second kappa shape index (κ2) is 12.9. The minimum atomic E-state index is 0.554. The summed E-state index contributed by atoms with van der Waals surface area (Å²) in [5.41, 5.74) is 0. The highest BCUT2D eigenvalue weighted by Gasteiger charge is 2.36. The van der Waals surface area contributed by atoms with Gasteiger partial charge in [-0.15, -0.1) is 0 Å². The summed E-state index contributed by atoms with van der Waals surface area (Å²) < 4.78 is 5.75. The van der Waals surface area contributed by atoms with Crippen LogP contribution < -0.4 is 0 Å². The number of unbranched alkanes of at least 4 members (excludes halogenated alkanes) is 6. The van der Waals surface area contributed by atoms with Gasteiger partial charge in [-0.1, -0.05) is 88.8 Å². The van der Waals surface area contributed by atoms with Crippen molar-refractivity contribution in [2.45, 2.75) is 89.8 Å². The fraction of sp³-hybridized carbons (Fsp3) is 0.700. The molecule has 0 aliphatic carbocycles. The predicted molar refractivity (Wildman–Crippen MR) is 93.6 cm³/mol. The van der Waals surface area contributed by atoms with Crippen molar-refractivity contribution in [2.24, 2.45) is 0 Å². The molecule has 0 amide bonds. The Bertz CT molecular complexity index is 303. The van der Waals surface area contributed by atoms with E-state index in [2.05, 4.69) is 31.7 Å². The summed E-state index contributed by atoms with van der Waals surface area (Å²) in [4.78, 5) is 0. The van der Waals surface area contributed by atoms with Crippen LogP contribution >= 0.6 is 0 Å². The van der Waals surface area contributed by atoms with Crippen molar-refractivity contribution < 1.29 is 4.74 Å². The van der Waals surface area contributed by atoms with Gasteiger partial charge in [0, 0.05) is 0 Å². The molecule has 0 saturated carbocycles. The Morgan fingerprint density at radius 2 is 1.57 bits per heavy atom. The predicted octanol–water partition coefficient (Wildman–Crippen LogP) is 6.36. The first-order valence-electron chi connectivity index (χ1n) is 8.96. The molecule has 2 atom stereocenters. The molecule has 1 aliphatic rings. The Hall–Kier alpha value is -0.820. The van der Waals surface area contributed by atoms with Crippen LogP contribution in [-0.4, -0.2) is 12.2 Å². The molecule has 1 saturated heterocycles. The fourth-order valence-corrected chi connectivity index (χ4v) is 2.72. The first-order chi connectivity index (χ1) is 10.4. The largest absolute Gasteiger partial charge is 0.370 e. The van der Waals surface area contributed by atoms with Gasteiger partial charge in [-0.25, -0.2) is 0 Å². The van der Waals surface area contributed by atoms with Crippen molar-refractivity contribution in [2.75, 3.05) is 0 Å². The van der Waals surface area contributed by atoms with Crippen LogP contribution in [0, 0.1) is 0 Å². The van der Waals surface area contributed by atoms with Crippen molar-refractivity contribution in [3.8, 4) is 0 Å². The van der Waals surface area contributed by atoms with Crippen LogP contribution in [0.1, 0.15) is 77.6 Å². The van der Waals surface area contributed by atoms with E-state index in [4.69, 9.17) is 4.74 Å². The SMILES string of the molecule is C=CC=CCC=CCCC1OC1CCCCCCCCC. The summed E-state index contributed by atoms with van der Waals surface area (Å²) >= 11 is 0. The molecule has 0 radical (unpaired) electrons. The zero-order valence-corrected chi connectivity index (χ0v) is 13.9. The Morgan fingerprint density at radius 3 is 2.33 bits per heavy atom. The highest BCUT2D eigenvalue weighted by atomic mass is 16.6. The van der Waals surface area contributed by atoms with E-state index in [9.17, 15) is 0 Å². The average Bonchev–Trinajstić information content (AvgIpc) is 3.24. The summed E-state index contributed by atoms with van der Waals surface area (Å²) in [7, 11) is 0. The highest BCUT2D eigenvalue weighted by Crippen LogP contribution is 2.31. The van der Waals surface area contributed by atoms with E-state index in [-0.39, 0.29) is 0 Å². The molecule has 1 heterocycles. The quantitative estimate of drug-likeness (QED) is 0.157. The van der Waals surface area contributed by atoms with Gasteiger partial charge in [-0.05, 0) is 25.7 Å². The lowest BCUT2D eigenvalue weighted by Crippen LogP contribution is -1.93. The van der Waals surface area contributed by atoms with Crippen molar-refractivity contribution >= 4 is 0 Å². The van der Waals surface area contributed by atoms with E-state index in [1.54, 1.807) is 0 Å². The summed E-state index contributed by atoms with van der Waals surface area (Å²) in [6.07, 6.45) is 26.0. The molecule has 0 spiro atoms. The minimum Gasteiger partial charge on any atom is -0.370 e. The Labute approximate surface area is 132 Å². The Balaban J connectivity index is 1.84. The zero-order valence-electron chi connectivity index (χ0n) is 13.9. The molecule has 120 valence electrons. The molecule has 1 rings (SSSR count). The number of rotatable bonds is 14. The Kier molecular flexibility index (Phi) is 11.2. The molecule has 0 aromatic rings. The van der Waals surface area contributed by atoms with Crippen LogP contribution in [0.2, 0.25) is 0 Å². The fourth-order valence-electron chi connectivity index (χ4n) is 2.72. The summed E-state index contributed by atoms with van der Waals surface area (Å²) in [5.74, 6) is 0. The van der Waals surface area contributed by atoms with E-state index < -0.39 is 0 Å². The molecule has 2 unspecified atom stereocenters. The maximum atomic E-state index is 5.75. The van der Waals surface area contributed by atoms with E-state index in [0.717, 1.165) is 12.8 Å². The lowest BCUT2D eigenvalue weighted by atomic mass is 10.1. The van der Waals surface area contributed by atoms with Gasteiger partial charge < -0.3 is 4.74 Å². The maximum Gasteiger partial charge on any atom is 0.0844 e. The van der Waals surface area contributed by atoms with Gasteiger partial charge in [0.2, 0.25) is 0 Å². The van der Waals surface area contributed by atoms with E-state index in [1.165, 1.54) is 57.8 Å². The van der Waals surface area contributed by atoms with Crippen molar-refractivity contribution in [1.82, 2.24) is 0 Å². The van der Waals surface area contributed by atoms with E-state index in [1.807, 2.05) is 12.2 Å². The summed E-state index contributed by atoms with van der Waals surface area (Å²) in [6.45, 7) is 5.93. The zero-order chi connectivity index (χ0) is 15.2. The number of ether oxygens (including phenoxy) is 1. The third kappa shape index (κ3) is 10.5. The van der Waals surface area contributed by atoms with Crippen LogP contribution in [0.15, 0.2) is 37.0 Å². The molecule has 0 N–H and O–H groups in total. The molecule has 0 aromatic carbocycles. The molecule has 21 heavy (non-hydrogen) atoms. The van der Waals surface area contributed by atoms with Crippen LogP contribution in [0.4, 0.5) is 0 Å². The first-order valence-corrected chi connectivity index (χ1v) is 8.96. The Morgan fingerprint density at radius 1 is 0.857 bits per heavy atom. The van der Waals surface area contributed by atoms with Gasteiger partial charge >= 0.3 is 0 Å². The number of allylic oxidation sites excluding steroid dienone is 5. The lowest BCUT2D eigenvalue weighted by molar-refractivity contribution is 0.352. The van der Waals surface area contributed by atoms with Crippen LogP contribution in [0.25, 0.3) is 0 Å². The average molecular weight is 290 g/mol. The molecule has 0 aromatic heterocycles. The molecule has 1 heteroatoms. The van der Waals surface area contributed by atoms with Gasteiger partial charge in [-0.3, -0.25) is 0 Å². The second-order valence-electron chi connectivity index (χ2n) is 6.07. The van der Waals surface area contributed by atoms with Gasteiger partial charge in [-0.2, -0.15) is 0 Å². The molecule has 0 bridgehead atoms. The number of hydrogen-bond donors (Lipinski definition) is 0. The molecular weight excluding hydrogens is 256 g/mol.